The number of hydrogen-bond donors (Lipinski definition) is 1. The standard InChI is InChI=1S/C12H14BrClFN/c1-6-7(3-5-10(6)16)8-2-4-9(13)11(14)12(8)15/h2,4,6-7,10H,3,5,16H2,1H3. The molecule has 1 fully saturated rings. The van der Waals surface area contributed by atoms with E-state index in [-0.39, 0.29) is 22.8 Å². The Kier molecular flexibility index (Phi) is 3.57. The van der Waals surface area contributed by atoms with Gasteiger partial charge in [-0.2, -0.15) is 0 Å². The van der Waals surface area contributed by atoms with Crippen LogP contribution in [0.3, 0.4) is 0 Å². The molecule has 1 aliphatic rings. The van der Waals surface area contributed by atoms with Gasteiger partial charge >= 0.3 is 0 Å². The van der Waals surface area contributed by atoms with Crippen molar-refractivity contribution in [2.24, 2.45) is 11.7 Å². The predicted octanol–water partition coefficient (Wildman–Crippen LogP) is 4.08. The van der Waals surface area contributed by atoms with E-state index in [4.69, 9.17) is 17.3 Å². The maximum Gasteiger partial charge on any atom is 0.146 e. The average Bonchev–Trinajstić information content (AvgIpc) is 2.58. The number of rotatable bonds is 1. The zero-order valence-electron chi connectivity index (χ0n) is 9.01. The van der Waals surface area contributed by atoms with E-state index in [1.54, 1.807) is 6.07 Å². The van der Waals surface area contributed by atoms with Crippen molar-refractivity contribution < 1.29 is 4.39 Å². The Bertz CT molecular complexity index is 410. The average molecular weight is 307 g/mol. The minimum Gasteiger partial charge on any atom is -0.327 e. The molecule has 1 nitrogen and oxygen atoms in total. The van der Waals surface area contributed by atoms with Gasteiger partial charge in [-0.05, 0) is 52.2 Å². The molecule has 0 heterocycles. The van der Waals surface area contributed by atoms with Gasteiger partial charge in [0, 0.05) is 10.5 Å². The third kappa shape index (κ3) is 2.01. The first-order chi connectivity index (χ1) is 7.52. The molecule has 0 spiro atoms. The third-order valence-corrected chi connectivity index (χ3v) is 4.84. The van der Waals surface area contributed by atoms with Gasteiger partial charge in [0.05, 0.1) is 5.02 Å². The normalized spacial score (nSPS) is 29.7. The van der Waals surface area contributed by atoms with Crippen molar-refractivity contribution in [3.8, 4) is 0 Å². The fraction of sp³-hybridized carbons (Fsp3) is 0.500. The maximum atomic E-state index is 14.0. The van der Waals surface area contributed by atoms with E-state index in [0.717, 1.165) is 12.8 Å². The highest BCUT2D eigenvalue weighted by Gasteiger charge is 2.33. The summed E-state index contributed by atoms with van der Waals surface area (Å²) < 4.78 is 14.6. The van der Waals surface area contributed by atoms with Crippen LogP contribution in [-0.2, 0) is 0 Å². The Morgan fingerprint density at radius 3 is 2.69 bits per heavy atom. The van der Waals surface area contributed by atoms with Gasteiger partial charge in [0.1, 0.15) is 5.82 Å². The van der Waals surface area contributed by atoms with E-state index >= 15 is 0 Å². The molecule has 0 radical (unpaired) electrons. The molecular formula is C12H14BrClFN. The second kappa shape index (κ2) is 4.63. The van der Waals surface area contributed by atoms with E-state index in [2.05, 4.69) is 22.9 Å². The molecule has 0 aliphatic heterocycles. The highest BCUT2D eigenvalue weighted by atomic mass is 79.9. The first-order valence-corrected chi connectivity index (χ1v) is 6.58. The molecule has 2 N–H and O–H groups in total. The lowest BCUT2D eigenvalue weighted by molar-refractivity contribution is 0.463. The zero-order valence-corrected chi connectivity index (χ0v) is 11.4. The second-order valence-corrected chi connectivity index (χ2v) is 5.70. The van der Waals surface area contributed by atoms with Crippen molar-refractivity contribution in [3.63, 3.8) is 0 Å². The van der Waals surface area contributed by atoms with E-state index in [1.165, 1.54) is 0 Å². The van der Waals surface area contributed by atoms with Crippen LogP contribution in [0.4, 0.5) is 4.39 Å². The van der Waals surface area contributed by atoms with E-state index in [1.807, 2.05) is 6.07 Å². The Labute approximate surface area is 108 Å². The first-order valence-electron chi connectivity index (χ1n) is 5.41. The van der Waals surface area contributed by atoms with Crippen LogP contribution in [-0.4, -0.2) is 6.04 Å². The fourth-order valence-corrected chi connectivity index (χ4v) is 2.94. The molecule has 4 heteroatoms. The topological polar surface area (TPSA) is 26.0 Å². The van der Waals surface area contributed by atoms with E-state index in [0.29, 0.717) is 16.0 Å². The quantitative estimate of drug-likeness (QED) is 0.777. The summed E-state index contributed by atoms with van der Waals surface area (Å²) in [6, 6.07) is 3.79. The lowest BCUT2D eigenvalue weighted by atomic mass is 9.89. The molecule has 0 amide bonds. The number of nitrogens with two attached hydrogens (primary N) is 1. The summed E-state index contributed by atoms with van der Waals surface area (Å²) in [6.45, 7) is 2.08. The maximum absolute atomic E-state index is 14.0. The van der Waals surface area contributed by atoms with Gasteiger partial charge in [-0.25, -0.2) is 4.39 Å². The molecule has 2 rings (SSSR count). The van der Waals surface area contributed by atoms with Gasteiger partial charge in [-0.15, -0.1) is 0 Å². The summed E-state index contributed by atoms with van der Waals surface area (Å²) in [5.74, 6) is 0.203. The third-order valence-electron chi connectivity index (χ3n) is 3.59. The van der Waals surface area contributed by atoms with Gasteiger partial charge < -0.3 is 5.73 Å². The molecule has 88 valence electrons. The van der Waals surface area contributed by atoms with Gasteiger partial charge in [-0.3, -0.25) is 0 Å². The van der Waals surface area contributed by atoms with Crippen LogP contribution < -0.4 is 5.73 Å². The Balaban J connectivity index is 2.38. The van der Waals surface area contributed by atoms with Crippen molar-refractivity contribution in [1.82, 2.24) is 0 Å². The van der Waals surface area contributed by atoms with Crippen LogP contribution in [0.15, 0.2) is 16.6 Å². The summed E-state index contributed by atoms with van der Waals surface area (Å²) in [6.07, 6.45) is 1.90. The van der Waals surface area contributed by atoms with Gasteiger partial charge in [0.15, 0.2) is 0 Å². The number of benzene rings is 1. The molecule has 1 aromatic rings. The first kappa shape index (κ1) is 12.3. The lowest BCUT2D eigenvalue weighted by Crippen LogP contribution is -2.24. The van der Waals surface area contributed by atoms with Gasteiger partial charge in [0.2, 0.25) is 0 Å². The van der Waals surface area contributed by atoms with Crippen molar-refractivity contribution in [3.05, 3.63) is 33.0 Å². The molecule has 3 unspecified atom stereocenters. The SMILES string of the molecule is CC1C(N)CCC1c1ccc(Br)c(Cl)c1F. The van der Waals surface area contributed by atoms with Crippen molar-refractivity contribution in [2.75, 3.05) is 0 Å². The van der Waals surface area contributed by atoms with Crippen molar-refractivity contribution >= 4 is 27.5 Å². The number of halogens is 3. The molecule has 1 aromatic carbocycles. The fourth-order valence-electron chi connectivity index (χ4n) is 2.46. The smallest absolute Gasteiger partial charge is 0.146 e. The summed E-state index contributed by atoms with van der Waals surface area (Å²) in [5.41, 5.74) is 6.66. The van der Waals surface area contributed by atoms with Crippen LogP contribution in [0, 0.1) is 11.7 Å². The molecular weight excluding hydrogens is 292 g/mol. The molecule has 0 saturated heterocycles. The monoisotopic (exact) mass is 305 g/mol. The summed E-state index contributed by atoms with van der Waals surface area (Å²) >= 11 is 9.11. The van der Waals surface area contributed by atoms with Gasteiger partial charge in [-0.1, -0.05) is 24.6 Å². The molecule has 3 atom stereocenters. The minimum atomic E-state index is -0.304. The second-order valence-electron chi connectivity index (χ2n) is 4.47. The molecule has 1 saturated carbocycles. The minimum absolute atomic E-state index is 0.171. The highest BCUT2D eigenvalue weighted by Crippen LogP contribution is 2.41. The van der Waals surface area contributed by atoms with Crippen LogP contribution in [0.25, 0.3) is 0 Å². The molecule has 0 bridgehead atoms. The van der Waals surface area contributed by atoms with Gasteiger partial charge in [0.25, 0.3) is 0 Å². The Morgan fingerprint density at radius 2 is 2.12 bits per heavy atom. The van der Waals surface area contributed by atoms with Crippen molar-refractivity contribution in [1.29, 1.82) is 0 Å². The van der Waals surface area contributed by atoms with E-state index < -0.39 is 0 Å². The molecule has 0 aromatic heterocycles. The Morgan fingerprint density at radius 1 is 1.44 bits per heavy atom. The van der Waals surface area contributed by atoms with Crippen LogP contribution in [0.2, 0.25) is 5.02 Å². The van der Waals surface area contributed by atoms with E-state index in [9.17, 15) is 4.39 Å². The molecule has 16 heavy (non-hydrogen) atoms. The lowest BCUT2D eigenvalue weighted by Gasteiger charge is -2.19. The number of hydrogen-bond acceptors (Lipinski definition) is 1. The Hall–Kier alpha value is -0.120. The summed E-state index contributed by atoms with van der Waals surface area (Å²) in [5, 5.41) is 0.171. The summed E-state index contributed by atoms with van der Waals surface area (Å²) in [7, 11) is 0. The van der Waals surface area contributed by atoms with Crippen molar-refractivity contribution in [2.45, 2.75) is 31.7 Å². The highest BCUT2D eigenvalue weighted by molar-refractivity contribution is 9.10. The van der Waals surface area contributed by atoms with Crippen LogP contribution in [0.1, 0.15) is 31.2 Å². The summed E-state index contributed by atoms with van der Waals surface area (Å²) in [4.78, 5) is 0. The predicted molar refractivity (Wildman–Crippen MR) is 68.2 cm³/mol. The largest absolute Gasteiger partial charge is 0.327 e. The molecule has 1 aliphatic carbocycles. The zero-order chi connectivity index (χ0) is 11.9. The van der Waals surface area contributed by atoms with Crippen LogP contribution >= 0.6 is 27.5 Å². The van der Waals surface area contributed by atoms with Crippen LogP contribution in [0.5, 0.6) is 0 Å².